The first-order valence-corrected chi connectivity index (χ1v) is 22.7. The number of nitrogens with zero attached hydrogens (tertiary/aromatic N) is 4. The zero-order valence-corrected chi connectivity index (χ0v) is 33.9. The van der Waals surface area contributed by atoms with E-state index < -0.39 is 16.6 Å². The van der Waals surface area contributed by atoms with Gasteiger partial charge in [-0.25, -0.2) is 15.0 Å². The average Bonchev–Trinajstić information content (AvgIpc) is 3.77. The van der Waals surface area contributed by atoms with E-state index in [9.17, 15) is 0 Å². The van der Waals surface area contributed by atoms with Crippen molar-refractivity contribution < 1.29 is 8.85 Å². The maximum Gasteiger partial charge on any atom is 0.261 e. The van der Waals surface area contributed by atoms with Crippen LogP contribution in [0.3, 0.4) is 0 Å². The van der Waals surface area contributed by atoms with Crippen LogP contribution >= 0.6 is 0 Å². The predicted molar refractivity (Wildman–Crippen MR) is 222 cm³/mol. The molecule has 7 nitrogen and oxygen atoms in total. The number of benzene rings is 4. The number of anilines is 1. The number of nitrogen functional groups attached to an aromatic ring is 1. The van der Waals surface area contributed by atoms with E-state index in [-0.39, 0.29) is 28.0 Å². The topological polar surface area (TPSA) is 88.1 Å². The van der Waals surface area contributed by atoms with E-state index in [2.05, 4.69) is 172 Å². The van der Waals surface area contributed by atoms with Gasteiger partial charge in [-0.1, -0.05) is 163 Å². The molecule has 1 saturated carbocycles. The number of nitrogens with two attached hydrogens (primary N) is 1. The Morgan fingerprint density at radius 2 is 1.04 bits per heavy atom. The maximum atomic E-state index is 7.72. The molecule has 53 heavy (non-hydrogen) atoms. The molecule has 1 fully saturated rings. The summed E-state index contributed by atoms with van der Waals surface area (Å²) < 4.78 is 17.6. The highest BCUT2D eigenvalue weighted by Crippen LogP contribution is 2.46. The molecular weight excluding hydrogens is 687 g/mol. The third kappa shape index (κ3) is 6.69. The number of rotatable bonds is 11. The average molecular weight is 740 g/mol. The first-order chi connectivity index (χ1) is 25.5. The van der Waals surface area contributed by atoms with Crippen molar-refractivity contribution in [3.8, 4) is 0 Å². The van der Waals surface area contributed by atoms with Crippen molar-refractivity contribution in [2.24, 2.45) is 11.8 Å². The Labute approximate surface area is 316 Å². The summed E-state index contributed by atoms with van der Waals surface area (Å²) in [5.74, 6) is 0.762. The Kier molecular flexibility index (Phi) is 10.3. The second-order valence-electron chi connectivity index (χ2n) is 16.6. The van der Waals surface area contributed by atoms with Crippen LogP contribution in [0, 0.1) is 11.8 Å². The van der Waals surface area contributed by atoms with Gasteiger partial charge in [0.2, 0.25) is 0 Å². The number of aromatic nitrogens is 4. The third-order valence-electron chi connectivity index (χ3n) is 11.5. The molecule has 7 rings (SSSR count). The largest absolute Gasteiger partial charge is 0.407 e. The minimum atomic E-state index is -2.82. The zero-order valence-electron chi connectivity index (χ0n) is 31.9. The van der Waals surface area contributed by atoms with Crippen LogP contribution < -0.4 is 26.5 Å². The van der Waals surface area contributed by atoms with E-state index in [1.807, 2.05) is 6.33 Å². The molecule has 1 aliphatic carbocycles. The Hall–Kier alpha value is -4.42. The molecule has 0 amide bonds. The lowest BCUT2D eigenvalue weighted by Gasteiger charge is -2.45. The lowest BCUT2D eigenvalue weighted by molar-refractivity contribution is 0.132. The molecule has 0 aliphatic heterocycles. The standard InChI is InChI=1S/C44H53N5O2Si2/c1-43(2,3)52(34-19-11-7-12-20-34,35-21-13-8-14-22-35)50-29-33-27-28-39(49-32-48-40-41(45)46-31-47-42(40)49)38(33)30-51-53(44(4,5)6,36-23-15-9-16-24-36)37-25-17-10-18-26-37/h7-26,31-33,38-39H,27-30H2,1-6H3,(H2,45,46,47)/t33-,38+,39-/m1/s1. The molecule has 0 radical (unpaired) electrons. The molecule has 0 bridgehead atoms. The van der Waals surface area contributed by atoms with Gasteiger partial charge in [0.1, 0.15) is 11.8 Å². The van der Waals surface area contributed by atoms with Crippen molar-refractivity contribution >= 4 is 54.4 Å². The Balaban J connectivity index is 1.32. The van der Waals surface area contributed by atoms with Crippen molar-refractivity contribution in [2.75, 3.05) is 18.9 Å². The van der Waals surface area contributed by atoms with E-state index in [1.54, 1.807) is 6.33 Å². The molecule has 274 valence electrons. The minimum absolute atomic E-state index is 0.0975. The van der Waals surface area contributed by atoms with Gasteiger partial charge in [-0.15, -0.1) is 0 Å². The fourth-order valence-electron chi connectivity index (χ4n) is 9.02. The molecule has 6 aromatic rings. The second kappa shape index (κ2) is 14.8. The van der Waals surface area contributed by atoms with E-state index in [0.717, 1.165) is 18.5 Å². The maximum absolute atomic E-state index is 7.72. The summed E-state index contributed by atoms with van der Waals surface area (Å²) in [4.78, 5) is 13.7. The summed E-state index contributed by atoms with van der Waals surface area (Å²) in [6.07, 6.45) is 5.40. The van der Waals surface area contributed by atoms with Gasteiger partial charge in [0.05, 0.1) is 6.33 Å². The normalized spacial score (nSPS) is 18.4. The molecule has 0 unspecified atom stereocenters. The molecule has 0 saturated heterocycles. The van der Waals surface area contributed by atoms with Gasteiger partial charge >= 0.3 is 0 Å². The van der Waals surface area contributed by atoms with Gasteiger partial charge in [0.25, 0.3) is 16.6 Å². The lowest BCUT2D eigenvalue weighted by atomic mass is 9.95. The van der Waals surface area contributed by atoms with Gasteiger partial charge in [-0.05, 0) is 49.6 Å². The van der Waals surface area contributed by atoms with Gasteiger partial charge in [-0.3, -0.25) is 0 Å². The van der Waals surface area contributed by atoms with Crippen molar-refractivity contribution in [1.29, 1.82) is 0 Å². The van der Waals surface area contributed by atoms with Crippen molar-refractivity contribution in [2.45, 2.75) is 70.5 Å². The number of fused-ring (bicyclic) bond motifs is 1. The van der Waals surface area contributed by atoms with E-state index in [1.165, 1.54) is 20.7 Å². The highest BCUT2D eigenvalue weighted by atomic mass is 28.4. The molecular formula is C44H53N5O2Si2. The predicted octanol–water partition coefficient (Wildman–Crippen LogP) is 7.13. The SMILES string of the molecule is CC(C)(C)[Si](OC[C@H]1CC[C@@H](n2cnc3c(N)ncnc32)[C@H]1CO[Si](c1ccccc1)(c1ccccc1)C(C)(C)C)(c1ccccc1)c1ccccc1. The summed E-state index contributed by atoms with van der Waals surface area (Å²) in [5.41, 5.74) is 7.72. The van der Waals surface area contributed by atoms with Crippen molar-refractivity contribution in [3.05, 3.63) is 134 Å². The summed E-state index contributed by atoms with van der Waals surface area (Å²) in [6.45, 7) is 15.3. The quantitative estimate of drug-likeness (QED) is 0.142. The summed E-state index contributed by atoms with van der Waals surface area (Å²) in [7, 11) is -5.59. The second-order valence-corrected chi connectivity index (χ2v) is 25.2. The molecule has 2 aromatic heterocycles. The third-order valence-corrected chi connectivity index (χ3v) is 21.5. The molecule has 9 heteroatoms. The van der Waals surface area contributed by atoms with Crippen LogP contribution in [0.4, 0.5) is 5.82 Å². The monoisotopic (exact) mass is 739 g/mol. The number of hydrogen-bond donors (Lipinski definition) is 1. The van der Waals surface area contributed by atoms with Crippen molar-refractivity contribution in [3.63, 3.8) is 0 Å². The summed E-state index contributed by atoms with van der Waals surface area (Å²) in [6, 6.07) is 43.8. The van der Waals surface area contributed by atoms with Crippen molar-refractivity contribution in [1.82, 2.24) is 19.5 Å². The van der Waals surface area contributed by atoms with E-state index >= 15 is 0 Å². The Morgan fingerprint density at radius 3 is 1.47 bits per heavy atom. The lowest BCUT2D eigenvalue weighted by Crippen LogP contribution is -2.67. The van der Waals surface area contributed by atoms with E-state index in [0.29, 0.717) is 24.5 Å². The van der Waals surface area contributed by atoms with Crippen LogP contribution in [0.1, 0.15) is 60.4 Å². The van der Waals surface area contributed by atoms with Gasteiger partial charge in [0, 0.05) is 25.2 Å². The van der Waals surface area contributed by atoms with Gasteiger partial charge in [0.15, 0.2) is 11.5 Å². The smallest absolute Gasteiger partial charge is 0.261 e. The van der Waals surface area contributed by atoms with Crippen LogP contribution in [0.15, 0.2) is 134 Å². The summed E-state index contributed by atoms with van der Waals surface area (Å²) >= 11 is 0. The fraction of sp³-hybridized carbons (Fsp3) is 0.341. The van der Waals surface area contributed by atoms with Crippen LogP contribution in [-0.4, -0.2) is 49.4 Å². The highest BCUT2D eigenvalue weighted by molar-refractivity contribution is 7.00. The Bertz CT molecular complexity index is 2020. The molecule has 2 heterocycles. The minimum Gasteiger partial charge on any atom is -0.407 e. The number of imidazole rings is 1. The molecule has 4 aromatic carbocycles. The Morgan fingerprint density at radius 1 is 0.604 bits per heavy atom. The van der Waals surface area contributed by atoms with Crippen LogP contribution in [-0.2, 0) is 8.85 Å². The molecule has 2 N–H and O–H groups in total. The molecule has 0 spiro atoms. The number of hydrogen-bond acceptors (Lipinski definition) is 6. The van der Waals surface area contributed by atoms with Gasteiger partial charge < -0.3 is 19.2 Å². The zero-order chi connectivity index (χ0) is 37.3. The van der Waals surface area contributed by atoms with Crippen LogP contribution in [0.5, 0.6) is 0 Å². The first kappa shape index (κ1) is 36.9. The molecule has 3 atom stereocenters. The fourth-order valence-corrected chi connectivity index (χ4v) is 18.2. The molecule has 1 aliphatic rings. The van der Waals surface area contributed by atoms with Crippen LogP contribution in [0.2, 0.25) is 10.1 Å². The van der Waals surface area contributed by atoms with Gasteiger partial charge in [-0.2, -0.15) is 0 Å². The first-order valence-electron chi connectivity index (χ1n) is 18.9. The van der Waals surface area contributed by atoms with Crippen LogP contribution in [0.25, 0.3) is 11.2 Å². The van der Waals surface area contributed by atoms with E-state index in [4.69, 9.17) is 24.6 Å². The highest BCUT2D eigenvalue weighted by Gasteiger charge is 2.53. The summed E-state index contributed by atoms with van der Waals surface area (Å²) in [5, 5.41) is 4.88.